The van der Waals surface area contributed by atoms with E-state index in [9.17, 15) is 0 Å². The molecule has 1 saturated carbocycles. The number of nitriles is 1. The monoisotopic (exact) mass is 294 g/mol. The molecule has 0 amide bonds. The van der Waals surface area contributed by atoms with E-state index in [-0.39, 0.29) is 0 Å². The molecule has 0 atom stereocenters. The number of pyridine rings is 1. The van der Waals surface area contributed by atoms with E-state index in [0.717, 1.165) is 16.8 Å². The van der Waals surface area contributed by atoms with Crippen molar-refractivity contribution in [1.82, 2.24) is 4.98 Å². The topological polar surface area (TPSA) is 55.1 Å². The number of aryl methyl sites for hydroxylation is 2. The Morgan fingerprint density at radius 1 is 1.23 bits per heavy atom. The van der Waals surface area contributed by atoms with E-state index in [1.807, 2.05) is 38.1 Å². The summed E-state index contributed by atoms with van der Waals surface area (Å²) in [7, 11) is 0. The minimum Gasteiger partial charge on any atom is -0.472 e. The Morgan fingerprint density at radius 3 is 2.77 bits per heavy atom. The summed E-state index contributed by atoms with van der Waals surface area (Å²) in [6.45, 7) is 4.27. The van der Waals surface area contributed by atoms with E-state index in [4.69, 9.17) is 14.7 Å². The highest BCUT2D eigenvalue weighted by atomic mass is 16.5. The lowest BCUT2D eigenvalue weighted by atomic mass is 10.0. The van der Waals surface area contributed by atoms with Crippen molar-refractivity contribution >= 4 is 0 Å². The van der Waals surface area contributed by atoms with Gasteiger partial charge < -0.3 is 9.47 Å². The van der Waals surface area contributed by atoms with Gasteiger partial charge in [-0.2, -0.15) is 0 Å². The first-order chi connectivity index (χ1) is 10.7. The summed E-state index contributed by atoms with van der Waals surface area (Å²) in [5.74, 6) is 1.78. The molecule has 3 rings (SSSR count). The van der Waals surface area contributed by atoms with Crippen LogP contribution in [0.2, 0.25) is 0 Å². The smallest absolute Gasteiger partial charge is 0.292 e. The van der Waals surface area contributed by atoms with Crippen LogP contribution < -0.4 is 9.47 Å². The normalized spacial score (nSPS) is 13.5. The summed E-state index contributed by atoms with van der Waals surface area (Å²) in [5.41, 5.74) is 4.09. The van der Waals surface area contributed by atoms with E-state index >= 15 is 0 Å². The summed E-state index contributed by atoms with van der Waals surface area (Å²) >= 11 is 0. The largest absolute Gasteiger partial charge is 0.472 e. The third-order valence-electron chi connectivity index (χ3n) is 3.89. The van der Waals surface area contributed by atoms with Gasteiger partial charge in [0, 0.05) is 16.8 Å². The molecule has 0 unspecified atom stereocenters. The van der Waals surface area contributed by atoms with Gasteiger partial charge in [0.05, 0.1) is 0 Å². The Hall–Kier alpha value is -2.54. The second kappa shape index (κ2) is 6.07. The predicted octanol–water partition coefficient (Wildman–Crippen LogP) is 4.01. The Bertz CT molecular complexity index is 730. The highest BCUT2D eigenvalue weighted by Gasteiger charge is 2.27. The third kappa shape index (κ3) is 3.04. The molecule has 1 aromatic heterocycles. The van der Waals surface area contributed by atoms with Crippen LogP contribution in [0.4, 0.5) is 0 Å². The lowest BCUT2D eigenvalue weighted by molar-refractivity contribution is 0.285. The quantitative estimate of drug-likeness (QED) is 0.782. The molecule has 1 aliphatic carbocycles. The van der Waals surface area contributed by atoms with Gasteiger partial charge in [-0.1, -0.05) is 18.2 Å². The Kier molecular flexibility index (Phi) is 3.97. The molecule has 2 aromatic rings. The number of benzene rings is 1. The second-order valence-electron chi connectivity index (χ2n) is 5.65. The molecule has 1 fully saturated rings. The minimum absolute atomic E-state index is 0.362. The van der Waals surface area contributed by atoms with E-state index in [1.54, 1.807) is 6.26 Å². The first kappa shape index (κ1) is 14.4. The van der Waals surface area contributed by atoms with Crippen LogP contribution in [-0.4, -0.2) is 4.98 Å². The van der Waals surface area contributed by atoms with Gasteiger partial charge in [-0.3, -0.25) is 0 Å². The number of rotatable bonds is 5. The molecule has 22 heavy (non-hydrogen) atoms. The van der Waals surface area contributed by atoms with Crippen molar-refractivity contribution in [2.75, 3.05) is 0 Å². The molecule has 0 aliphatic heterocycles. The van der Waals surface area contributed by atoms with E-state index < -0.39 is 0 Å². The molecule has 0 radical (unpaired) electrons. The summed E-state index contributed by atoms with van der Waals surface area (Å²) in [5, 5.41) is 8.83. The summed E-state index contributed by atoms with van der Waals surface area (Å²) in [6.07, 6.45) is 4.13. The van der Waals surface area contributed by atoms with Crippen molar-refractivity contribution in [1.29, 1.82) is 5.26 Å². The number of ether oxygens (including phenoxy) is 2. The number of aromatic nitrogens is 1. The molecule has 4 heteroatoms. The predicted molar refractivity (Wildman–Crippen MR) is 82.7 cm³/mol. The first-order valence-corrected chi connectivity index (χ1v) is 7.44. The average Bonchev–Trinajstić information content (AvgIpc) is 3.34. The van der Waals surface area contributed by atoms with Crippen LogP contribution in [0, 0.1) is 25.4 Å². The zero-order valence-corrected chi connectivity index (χ0v) is 12.8. The summed E-state index contributed by atoms with van der Waals surface area (Å²) < 4.78 is 11.0. The molecule has 1 aromatic carbocycles. The maximum Gasteiger partial charge on any atom is 0.292 e. The van der Waals surface area contributed by atoms with Gasteiger partial charge >= 0.3 is 0 Å². The van der Waals surface area contributed by atoms with Crippen LogP contribution in [0.15, 0.2) is 30.3 Å². The van der Waals surface area contributed by atoms with Crippen LogP contribution >= 0.6 is 0 Å². The standard InChI is InChI=1S/C18H18N2O2/c1-12-6-7-13(2)20-18(12)21-10-16-15(14-8-9-14)4-3-5-17(16)22-11-19/h3-7,14H,8-10H2,1-2H3. The van der Waals surface area contributed by atoms with Crippen LogP contribution in [0.1, 0.15) is 41.1 Å². The van der Waals surface area contributed by atoms with Crippen LogP contribution in [0.25, 0.3) is 0 Å². The zero-order valence-electron chi connectivity index (χ0n) is 12.8. The third-order valence-corrected chi connectivity index (χ3v) is 3.89. The van der Waals surface area contributed by atoms with E-state index in [1.165, 1.54) is 18.4 Å². The molecule has 0 saturated heterocycles. The molecule has 112 valence electrons. The minimum atomic E-state index is 0.362. The van der Waals surface area contributed by atoms with Crippen LogP contribution in [-0.2, 0) is 6.61 Å². The Balaban J connectivity index is 1.87. The zero-order chi connectivity index (χ0) is 15.5. The lowest BCUT2D eigenvalue weighted by Gasteiger charge is -2.14. The summed E-state index contributed by atoms with van der Waals surface area (Å²) in [6, 6.07) is 9.79. The van der Waals surface area contributed by atoms with Gasteiger partial charge in [0.2, 0.25) is 5.88 Å². The van der Waals surface area contributed by atoms with E-state index in [2.05, 4.69) is 11.1 Å². The van der Waals surface area contributed by atoms with Gasteiger partial charge in [0.15, 0.2) is 0 Å². The average molecular weight is 294 g/mol. The van der Waals surface area contributed by atoms with Gasteiger partial charge in [-0.15, -0.1) is 5.26 Å². The number of hydrogen-bond donors (Lipinski definition) is 0. The highest BCUT2D eigenvalue weighted by Crippen LogP contribution is 2.43. The SMILES string of the molecule is Cc1ccc(C)c(OCc2c(OC#N)cccc2C2CC2)n1. The van der Waals surface area contributed by atoms with Gasteiger partial charge in [-0.25, -0.2) is 4.98 Å². The second-order valence-corrected chi connectivity index (χ2v) is 5.65. The van der Waals surface area contributed by atoms with Crippen LogP contribution in [0.3, 0.4) is 0 Å². The fraction of sp³-hybridized carbons (Fsp3) is 0.333. The van der Waals surface area contributed by atoms with Crippen molar-refractivity contribution in [3.05, 3.63) is 52.7 Å². The molecule has 4 nitrogen and oxygen atoms in total. The molecule has 1 heterocycles. The van der Waals surface area contributed by atoms with Crippen molar-refractivity contribution < 1.29 is 9.47 Å². The first-order valence-electron chi connectivity index (χ1n) is 7.44. The molecule has 1 aliphatic rings. The molecule has 0 spiro atoms. The molecule has 0 bridgehead atoms. The lowest BCUT2D eigenvalue weighted by Crippen LogP contribution is -2.04. The van der Waals surface area contributed by atoms with Gasteiger partial charge in [0.1, 0.15) is 12.4 Å². The molecule has 0 N–H and O–H groups in total. The Labute approximate surface area is 130 Å². The van der Waals surface area contributed by atoms with Crippen molar-refractivity contribution in [3.63, 3.8) is 0 Å². The summed E-state index contributed by atoms with van der Waals surface area (Å²) in [4.78, 5) is 4.43. The maximum absolute atomic E-state index is 8.83. The van der Waals surface area contributed by atoms with Crippen molar-refractivity contribution in [2.45, 2.75) is 39.2 Å². The van der Waals surface area contributed by atoms with Crippen molar-refractivity contribution in [3.8, 4) is 17.9 Å². The fourth-order valence-electron chi connectivity index (χ4n) is 2.55. The Morgan fingerprint density at radius 2 is 2.05 bits per heavy atom. The highest BCUT2D eigenvalue weighted by molar-refractivity contribution is 5.44. The van der Waals surface area contributed by atoms with Gasteiger partial charge in [0.25, 0.3) is 6.26 Å². The van der Waals surface area contributed by atoms with Crippen LogP contribution in [0.5, 0.6) is 11.6 Å². The molecular formula is C18H18N2O2. The molecular weight excluding hydrogens is 276 g/mol. The van der Waals surface area contributed by atoms with E-state index in [0.29, 0.717) is 24.2 Å². The van der Waals surface area contributed by atoms with Crippen molar-refractivity contribution in [2.24, 2.45) is 0 Å². The maximum atomic E-state index is 8.83. The number of nitrogens with zero attached hydrogens (tertiary/aromatic N) is 2. The fourth-order valence-corrected chi connectivity index (χ4v) is 2.55. The van der Waals surface area contributed by atoms with Gasteiger partial charge in [-0.05, 0) is 50.3 Å². The number of hydrogen-bond acceptors (Lipinski definition) is 4.